The van der Waals surface area contributed by atoms with Crippen LogP contribution in [-0.4, -0.2) is 31.3 Å². The molecule has 1 aliphatic heterocycles. The first-order chi connectivity index (χ1) is 13.0. The van der Waals surface area contributed by atoms with Crippen molar-refractivity contribution in [1.82, 2.24) is 14.5 Å². The molecule has 142 valence electrons. The lowest BCUT2D eigenvalue weighted by atomic mass is 10.1. The van der Waals surface area contributed by atoms with Crippen LogP contribution in [0.1, 0.15) is 28.5 Å². The van der Waals surface area contributed by atoms with Crippen LogP contribution in [0.3, 0.4) is 0 Å². The average molecular weight is 404 g/mol. The highest BCUT2D eigenvalue weighted by Gasteiger charge is 2.27. The minimum absolute atomic E-state index is 0.176. The fraction of sp³-hybridized carbons (Fsp3) is 0.316. The Kier molecular flexibility index (Phi) is 5.14. The summed E-state index contributed by atoms with van der Waals surface area (Å²) in [6.07, 6.45) is 2.45. The smallest absolute Gasteiger partial charge is 0.250 e. The van der Waals surface area contributed by atoms with Crippen molar-refractivity contribution in [3.05, 3.63) is 70.4 Å². The number of rotatable bonds is 6. The van der Waals surface area contributed by atoms with E-state index in [1.54, 1.807) is 18.4 Å². The third-order valence-electron chi connectivity index (χ3n) is 4.57. The van der Waals surface area contributed by atoms with Gasteiger partial charge < -0.3 is 4.74 Å². The molecule has 1 atom stereocenters. The van der Waals surface area contributed by atoms with Crippen LogP contribution >= 0.6 is 11.3 Å². The van der Waals surface area contributed by atoms with E-state index in [2.05, 4.69) is 22.0 Å². The van der Waals surface area contributed by atoms with Gasteiger partial charge in [-0.25, -0.2) is 13.1 Å². The van der Waals surface area contributed by atoms with Gasteiger partial charge in [-0.2, -0.15) is 5.10 Å². The van der Waals surface area contributed by atoms with Crippen LogP contribution in [0.4, 0.5) is 0 Å². The Labute approximate surface area is 162 Å². The van der Waals surface area contributed by atoms with E-state index in [1.807, 2.05) is 29.1 Å². The maximum atomic E-state index is 12.5. The maximum absolute atomic E-state index is 12.5. The number of nitrogens with zero attached hydrogens (tertiary/aromatic N) is 2. The number of hydrogen-bond donors (Lipinski definition) is 1. The van der Waals surface area contributed by atoms with E-state index in [4.69, 9.17) is 4.74 Å². The fourth-order valence-corrected chi connectivity index (χ4v) is 5.72. The summed E-state index contributed by atoms with van der Waals surface area (Å²) in [6, 6.07) is 11.9. The second-order valence-corrected chi connectivity index (χ2v) is 9.45. The highest BCUT2D eigenvalue weighted by molar-refractivity contribution is 7.91. The third kappa shape index (κ3) is 3.98. The van der Waals surface area contributed by atoms with Crippen molar-refractivity contribution in [2.75, 3.05) is 13.2 Å². The van der Waals surface area contributed by atoms with Crippen molar-refractivity contribution in [2.24, 2.45) is 0 Å². The van der Waals surface area contributed by atoms with Crippen molar-refractivity contribution >= 4 is 21.4 Å². The number of benzene rings is 1. The molecule has 1 unspecified atom stereocenters. The first-order valence-electron chi connectivity index (χ1n) is 8.78. The van der Waals surface area contributed by atoms with Crippen molar-refractivity contribution < 1.29 is 13.2 Å². The topological polar surface area (TPSA) is 73.2 Å². The highest BCUT2D eigenvalue weighted by Crippen LogP contribution is 2.27. The zero-order valence-corrected chi connectivity index (χ0v) is 16.6. The third-order valence-corrected chi connectivity index (χ3v) is 7.68. The Balaban J connectivity index is 1.49. The predicted octanol–water partition coefficient (Wildman–Crippen LogP) is 2.89. The van der Waals surface area contributed by atoms with E-state index in [9.17, 15) is 8.42 Å². The Hall–Kier alpha value is -2.00. The van der Waals surface area contributed by atoms with E-state index in [0.29, 0.717) is 17.4 Å². The second kappa shape index (κ2) is 7.55. The number of hydrogen-bond acceptors (Lipinski definition) is 5. The molecule has 2 aromatic heterocycles. The summed E-state index contributed by atoms with van der Waals surface area (Å²) in [6.45, 7) is 3.22. The van der Waals surface area contributed by atoms with Gasteiger partial charge in [-0.05, 0) is 41.5 Å². The van der Waals surface area contributed by atoms with Crippen molar-refractivity contribution in [1.29, 1.82) is 0 Å². The molecule has 0 amide bonds. The Morgan fingerprint density at radius 2 is 2.11 bits per heavy atom. The Bertz CT molecular complexity index is 1030. The second-order valence-electron chi connectivity index (χ2n) is 6.58. The molecule has 1 N–H and O–H groups in total. The van der Waals surface area contributed by atoms with Gasteiger partial charge in [-0.1, -0.05) is 30.3 Å². The Morgan fingerprint density at radius 1 is 1.30 bits per heavy atom. The van der Waals surface area contributed by atoms with E-state index >= 15 is 0 Å². The van der Waals surface area contributed by atoms with Gasteiger partial charge in [0.25, 0.3) is 0 Å². The van der Waals surface area contributed by atoms with Gasteiger partial charge in [-0.3, -0.25) is 4.68 Å². The number of aryl methyl sites for hydroxylation is 1. The van der Waals surface area contributed by atoms with Gasteiger partial charge in [0, 0.05) is 12.7 Å². The molecule has 4 rings (SSSR count). The summed E-state index contributed by atoms with van der Waals surface area (Å²) < 4.78 is 35.8. The van der Waals surface area contributed by atoms with Crippen LogP contribution in [0, 0.1) is 6.92 Å². The van der Waals surface area contributed by atoms with E-state index in [1.165, 1.54) is 16.9 Å². The largest absolute Gasteiger partial charge is 0.370 e. The van der Waals surface area contributed by atoms with Gasteiger partial charge in [0.1, 0.15) is 10.3 Å². The molecule has 0 saturated heterocycles. The summed E-state index contributed by atoms with van der Waals surface area (Å²) in [5.41, 5.74) is 3.87. The summed E-state index contributed by atoms with van der Waals surface area (Å²) in [7, 11) is -3.54. The maximum Gasteiger partial charge on any atom is 0.250 e. The molecule has 3 aromatic rings. The molecular formula is C19H21N3O3S2. The quantitative estimate of drug-likeness (QED) is 0.687. The molecule has 1 aromatic carbocycles. The molecule has 6 nitrogen and oxygen atoms in total. The van der Waals surface area contributed by atoms with Crippen LogP contribution in [0.25, 0.3) is 0 Å². The van der Waals surface area contributed by atoms with Crippen LogP contribution in [0.15, 0.2) is 52.2 Å². The molecule has 8 heteroatoms. The summed E-state index contributed by atoms with van der Waals surface area (Å²) >= 11 is 1.22. The lowest BCUT2D eigenvalue weighted by molar-refractivity contribution is 0.0430. The van der Waals surface area contributed by atoms with Gasteiger partial charge in [0.2, 0.25) is 10.0 Å². The standard InChI is InChI=1S/C19H21N3O3S2/c1-14-8-10-26-19(14)27(23,24)20-11-17-18-16(7-9-25-17)13-22(21-18)12-15-5-3-2-4-6-15/h2-6,8,10,13,17,20H,7,9,11-12H2,1H3. The number of sulfonamides is 1. The molecule has 0 spiro atoms. The normalized spacial score (nSPS) is 17.0. The molecule has 0 radical (unpaired) electrons. The van der Waals surface area contributed by atoms with E-state index in [0.717, 1.165) is 23.2 Å². The summed E-state index contributed by atoms with van der Waals surface area (Å²) in [5, 5.41) is 6.45. The van der Waals surface area contributed by atoms with E-state index in [-0.39, 0.29) is 12.6 Å². The molecule has 1 aliphatic rings. The molecule has 0 bridgehead atoms. The lowest BCUT2D eigenvalue weighted by Crippen LogP contribution is -2.31. The van der Waals surface area contributed by atoms with Gasteiger partial charge in [-0.15, -0.1) is 11.3 Å². The van der Waals surface area contributed by atoms with Crippen molar-refractivity contribution in [3.8, 4) is 0 Å². The monoisotopic (exact) mass is 403 g/mol. The van der Waals surface area contributed by atoms with E-state index < -0.39 is 10.0 Å². The van der Waals surface area contributed by atoms with Gasteiger partial charge >= 0.3 is 0 Å². The van der Waals surface area contributed by atoms with Gasteiger partial charge in [0.15, 0.2) is 0 Å². The predicted molar refractivity (Wildman–Crippen MR) is 104 cm³/mol. The molecule has 27 heavy (non-hydrogen) atoms. The molecular weight excluding hydrogens is 382 g/mol. The summed E-state index contributed by atoms with van der Waals surface area (Å²) in [4.78, 5) is 0. The first-order valence-corrected chi connectivity index (χ1v) is 11.1. The number of fused-ring (bicyclic) bond motifs is 1. The van der Waals surface area contributed by atoms with Crippen molar-refractivity contribution in [2.45, 2.75) is 30.2 Å². The van der Waals surface area contributed by atoms with Crippen LogP contribution in [-0.2, 0) is 27.7 Å². The number of thiophene rings is 1. The van der Waals surface area contributed by atoms with Crippen LogP contribution in [0.2, 0.25) is 0 Å². The minimum atomic E-state index is -3.54. The average Bonchev–Trinajstić information content (AvgIpc) is 3.27. The zero-order chi connectivity index (χ0) is 18.9. The van der Waals surface area contributed by atoms with Crippen LogP contribution < -0.4 is 4.72 Å². The Morgan fingerprint density at radius 3 is 2.85 bits per heavy atom. The van der Waals surface area contributed by atoms with Crippen LogP contribution in [0.5, 0.6) is 0 Å². The number of nitrogens with one attached hydrogen (secondary N) is 1. The summed E-state index contributed by atoms with van der Waals surface area (Å²) in [5.74, 6) is 0. The SMILES string of the molecule is Cc1ccsc1S(=O)(=O)NCC1OCCc2cn(Cc3ccccc3)nc21. The zero-order valence-electron chi connectivity index (χ0n) is 15.0. The fourth-order valence-electron chi connectivity index (χ4n) is 3.22. The lowest BCUT2D eigenvalue weighted by Gasteiger charge is -2.22. The van der Waals surface area contributed by atoms with Gasteiger partial charge in [0.05, 0.1) is 18.8 Å². The molecule has 3 heterocycles. The highest BCUT2D eigenvalue weighted by atomic mass is 32.2. The number of aromatic nitrogens is 2. The number of ether oxygens (including phenoxy) is 1. The first kappa shape index (κ1) is 18.4. The minimum Gasteiger partial charge on any atom is -0.370 e. The molecule has 0 saturated carbocycles. The molecule has 0 fully saturated rings. The van der Waals surface area contributed by atoms with Crippen molar-refractivity contribution in [3.63, 3.8) is 0 Å². The molecule has 0 aliphatic carbocycles.